The fourth-order valence-corrected chi connectivity index (χ4v) is 2.59. The van der Waals surface area contributed by atoms with Crippen molar-refractivity contribution in [3.63, 3.8) is 0 Å². The number of carbonyl (C=O) groups excluding carboxylic acids is 1. The Morgan fingerprint density at radius 2 is 2.25 bits per heavy atom. The number of aryl methyl sites for hydroxylation is 1. The van der Waals surface area contributed by atoms with Crippen LogP contribution in [0.2, 0.25) is 0 Å². The summed E-state index contributed by atoms with van der Waals surface area (Å²) in [6, 6.07) is 4.49. The highest BCUT2D eigenvalue weighted by atomic mass is 32.1. The number of esters is 1. The number of hydrogen-bond acceptors (Lipinski definition) is 8. The van der Waals surface area contributed by atoms with E-state index in [-0.39, 0.29) is 23.8 Å². The maximum absolute atomic E-state index is 12.0. The van der Waals surface area contributed by atoms with Crippen LogP contribution in [0.4, 0.5) is 0 Å². The molecule has 24 heavy (non-hydrogen) atoms. The zero-order valence-corrected chi connectivity index (χ0v) is 13.7. The number of hydrogen-bond donors (Lipinski definition) is 0. The zero-order chi connectivity index (χ0) is 16.9. The van der Waals surface area contributed by atoms with Gasteiger partial charge in [0.1, 0.15) is 0 Å². The summed E-state index contributed by atoms with van der Waals surface area (Å²) in [5.74, 6) is -0.0292. The number of ether oxygens (including phenoxy) is 1. The van der Waals surface area contributed by atoms with Crippen molar-refractivity contribution < 1.29 is 14.1 Å². The maximum Gasteiger partial charge on any atom is 0.359 e. The molecule has 0 saturated heterocycles. The lowest BCUT2D eigenvalue weighted by Gasteiger charge is -2.05. The van der Waals surface area contributed by atoms with Gasteiger partial charge in [0.15, 0.2) is 12.3 Å². The van der Waals surface area contributed by atoms with E-state index in [1.165, 1.54) is 28.2 Å². The molecule has 8 nitrogen and oxygen atoms in total. The van der Waals surface area contributed by atoms with Crippen LogP contribution in [0.25, 0.3) is 11.4 Å². The van der Waals surface area contributed by atoms with E-state index in [4.69, 9.17) is 9.26 Å². The van der Waals surface area contributed by atoms with Gasteiger partial charge in [0.2, 0.25) is 5.82 Å². The Labute approximate surface area is 140 Å². The first-order valence-electron chi connectivity index (χ1n) is 7.28. The van der Waals surface area contributed by atoms with E-state index >= 15 is 0 Å². The molecule has 3 heterocycles. The van der Waals surface area contributed by atoms with Gasteiger partial charge in [-0.2, -0.15) is 21.4 Å². The summed E-state index contributed by atoms with van der Waals surface area (Å²) in [7, 11) is 0. The van der Waals surface area contributed by atoms with E-state index < -0.39 is 5.97 Å². The first-order chi connectivity index (χ1) is 11.7. The molecule has 0 amide bonds. The minimum atomic E-state index is -0.657. The minimum Gasteiger partial charge on any atom is -0.451 e. The Balaban J connectivity index is 1.65. The molecule has 0 saturated carbocycles. The molecule has 0 N–H and O–H groups in total. The minimum absolute atomic E-state index is 0.0561. The van der Waals surface area contributed by atoms with Gasteiger partial charge in [-0.05, 0) is 23.9 Å². The van der Waals surface area contributed by atoms with Crippen LogP contribution in [0, 0.1) is 0 Å². The summed E-state index contributed by atoms with van der Waals surface area (Å²) in [6.07, 6.45) is 0.735. The number of thiophene rings is 1. The van der Waals surface area contributed by atoms with E-state index in [1.54, 1.807) is 0 Å². The molecule has 0 atom stereocenters. The monoisotopic (exact) mass is 346 g/mol. The predicted molar refractivity (Wildman–Crippen MR) is 85.5 cm³/mol. The fourth-order valence-electron chi connectivity index (χ4n) is 1.95. The van der Waals surface area contributed by atoms with Gasteiger partial charge in [-0.3, -0.25) is 4.79 Å². The van der Waals surface area contributed by atoms with E-state index in [0.29, 0.717) is 12.4 Å². The topological polar surface area (TPSA) is 100 Å². The first kappa shape index (κ1) is 16.1. The number of aromatic nitrogens is 4. The second-order valence-electron chi connectivity index (χ2n) is 4.88. The van der Waals surface area contributed by atoms with Gasteiger partial charge in [-0.15, -0.1) is 0 Å². The third-order valence-corrected chi connectivity index (χ3v) is 3.77. The Bertz CT molecular complexity index is 885. The highest BCUT2D eigenvalue weighted by Crippen LogP contribution is 2.18. The fraction of sp³-hybridized carbons (Fsp3) is 0.267. The SMILES string of the molecule is CCCn1nc(C(=O)OCc2nc(-c3ccsc3)no2)ccc1=O. The Kier molecular flexibility index (Phi) is 4.80. The second-order valence-corrected chi connectivity index (χ2v) is 5.66. The molecule has 124 valence electrons. The molecule has 0 aliphatic heterocycles. The van der Waals surface area contributed by atoms with Gasteiger partial charge >= 0.3 is 5.97 Å². The molecule has 0 aliphatic rings. The molecule has 3 rings (SSSR count). The van der Waals surface area contributed by atoms with E-state index in [2.05, 4.69) is 15.2 Å². The third-order valence-electron chi connectivity index (χ3n) is 3.09. The quantitative estimate of drug-likeness (QED) is 0.630. The lowest BCUT2D eigenvalue weighted by atomic mass is 10.3. The highest BCUT2D eigenvalue weighted by molar-refractivity contribution is 7.08. The van der Waals surface area contributed by atoms with Crippen molar-refractivity contribution in [2.24, 2.45) is 0 Å². The van der Waals surface area contributed by atoms with Crippen LogP contribution in [0.3, 0.4) is 0 Å². The molecule has 9 heteroatoms. The van der Waals surface area contributed by atoms with Crippen LogP contribution < -0.4 is 5.56 Å². The summed E-state index contributed by atoms with van der Waals surface area (Å²) >= 11 is 1.52. The van der Waals surface area contributed by atoms with Gasteiger partial charge < -0.3 is 9.26 Å². The average Bonchev–Trinajstić information content (AvgIpc) is 3.26. The smallest absolute Gasteiger partial charge is 0.359 e. The molecule has 3 aromatic heterocycles. The molecule has 0 radical (unpaired) electrons. The van der Waals surface area contributed by atoms with Crippen LogP contribution in [0.5, 0.6) is 0 Å². The summed E-state index contributed by atoms with van der Waals surface area (Å²) in [5, 5.41) is 11.6. The summed E-state index contributed by atoms with van der Waals surface area (Å²) < 4.78 is 11.4. The van der Waals surface area contributed by atoms with E-state index in [9.17, 15) is 9.59 Å². The molecular weight excluding hydrogens is 332 g/mol. The van der Waals surface area contributed by atoms with Crippen LogP contribution in [0.1, 0.15) is 29.7 Å². The Morgan fingerprint density at radius 3 is 3.00 bits per heavy atom. The lowest BCUT2D eigenvalue weighted by molar-refractivity contribution is 0.0419. The van der Waals surface area contributed by atoms with Crippen molar-refractivity contribution in [2.45, 2.75) is 26.5 Å². The summed E-state index contributed by atoms with van der Waals surface area (Å²) in [6.45, 7) is 2.19. The standard InChI is InChI=1S/C15H14N4O4S/c1-2-6-19-13(20)4-3-11(17-19)15(21)22-8-12-16-14(18-23-12)10-5-7-24-9-10/h3-5,7,9H,2,6,8H2,1H3. The molecule has 0 fully saturated rings. The number of rotatable bonds is 6. The summed E-state index contributed by atoms with van der Waals surface area (Å²) in [5.41, 5.74) is 0.640. The highest BCUT2D eigenvalue weighted by Gasteiger charge is 2.14. The zero-order valence-electron chi connectivity index (χ0n) is 12.8. The Morgan fingerprint density at radius 1 is 1.38 bits per heavy atom. The maximum atomic E-state index is 12.0. The van der Waals surface area contributed by atoms with Gasteiger partial charge in [0, 0.05) is 23.6 Å². The molecular formula is C15H14N4O4S. The molecule has 0 bridgehead atoms. The van der Waals surface area contributed by atoms with Crippen LogP contribution in [-0.2, 0) is 17.9 Å². The number of carbonyl (C=O) groups is 1. The van der Waals surface area contributed by atoms with E-state index in [0.717, 1.165) is 12.0 Å². The normalized spacial score (nSPS) is 10.7. The molecule has 0 aromatic carbocycles. The molecule has 0 spiro atoms. The van der Waals surface area contributed by atoms with Crippen LogP contribution in [-0.4, -0.2) is 25.9 Å². The molecule has 0 aliphatic carbocycles. The molecule has 0 unspecified atom stereocenters. The van der Waals surface area contributed by atoms with E-state index in [1.807, 2.05) is 23.8 Å². The van der Waals surface area contributed by atoms with Crippen molar-refractivity contribution in [3.05, 3.63) is 50.9 Å². The average molecular weight is 346 g/mol. The van der Waals surface area contributed by atoms with Crippen molar-refractivity contribution in [2.75, 3.05) is 0 Å². The van der Waals surface area contributed by atoms with Crippen molar-refractivity contribution >= 4 is 17.3 Å². The van der Waals surface area contributed by atoms with Gasteiger partial charge in [0.05, 0.1) is 0 Å². The summed E-state index contributed by atoms with van der Waals surface area (Å²) in [4.78, 5) is 27.8. The predicted octanol–water partition coefficient (Wildman–Crippen LogP) is 2.12. The van der Waals surface area contributed by atoms with Gasteiger partial charge in [-0.1, -0.05) is 12.1 Å². The van der Waals surface area contributed by atoms with Crippen molar-refractivity contribution in [1.29, 1.82) is 0 Å². The van der Waals surface area contributed by atoms with Gasteiger partial charge in [-0.25, -0.2) is 9.48 Å². The first-order valence-corrected chi connectivity index (χ1v) is 8.22. The largest absolute Gasteiger partial charge is 0.451 e. The second kappa shape index (κ2) is 7.18. The Hall–Kier alpha value is -2.81. The van der Waals surface area contributed by atoms with Gasteiger partial charge in [0.25, 0.3) is 11.4 Å². The van der Waals surface area contributed by atoms with Crippen LogP contribution >= 0.6 is 11.3 Å². The molecule has 3 aromatic rings. The third kappa shape index (κ3) is 3.57. The van der Waals surface area contributed by atoms with Crippen molar-refractivity contribution in [1.82, 2.24) is 19.9 Å². The van der Waals surface area contributed by atoms with Crippen LogP contribution in [0.15, 0.2) is 38.3 Å². The van der Waals surface area contributed by atoms with Crippen molar-refractivity contribution in [3.8, 4) is 11.4 Å². The lowest BCUT2D eigenvalue weighted by Crippen LogP contribution is -2.24. The number of nitrogens with zero attached hydrogens (tertiary/aromatic N) is 4.